The van der Waals surface area contributed by atoms with Crippen LogP contribution >= 0.6 is 0 Å². The molecule has 1 N–H and O–H groups in total. The van der Waals surface area contributed by atoms with Gasteiger partial charge in [0.15, 0.2) is 0 Å². The number of hydrogen-bond donors (Lipinski definition) is 1. The van der Waals surface area contributed by atoms with Gasteiger partial charge in [0.2, 0.25) is 0 Å². The zero-order valence-electron chi connectivity index (χ0n) is 12.0. The summed E-state index contributed by atoms with van der Waals surface area (Å²) in [6, 6.07) is 7.37. The van der Waals surface area contributed by atoms with E-state index in [-0.39, 0.29) is 0 Å². The Balaban J connectivity index is 1.84. The van der Waals surface area contributed by atoms with Gasteiger partial charge in [0.05, 0.1) is 18.9 Å². The normalized spacial score (nSPS) is 16.0. The van der Waals surface area contributed by atoms with E-state index in [1.54, 1.807) is 0 Å². The minimum Gasteiger partial charge on any atom is -0.492 e. The summed E-state index contributed by atoms with van der Waals surface area (Å²) in [7, 11) is 0. The van der Waals surface area contributed by atoms with E-state index in [0.29, 0.717) is 18.6 Å². The number of rotatable bonds is 7. The summed E-state index contributed by atoms with van der Waals surface area (Å²) in [6.45, 7) is 4.96. The molecule has 0 radical (unpaired) electrons. The Hall–Kier alpha value is -1.98. The largest absolute Gasteiger partial charge is 0.492 e. The highest BCUT2D eigenvalue weighted by Gasteiger charge is 2.09. The van der Waals surface area contributed by atoms with E-state index in [1.807, 2.05) is 24.3 Å². The average molecular weight is 288 g/mol. The number of ether oxygens (including phenoxy) is 2. The maximum Gasteiger partial charge on any atom is 0.142 e. The van der Waals surface area contributed by atoms with E-state index in [0.717, 1.165) is 44.2 Å². The van der Waals surface area contributed by atoms with Crippen LogP contribution in [-0.2, 0) is 9.53 Å². The molecule has 0 spiro atoms. The second kappa shape index (κ2) is 8.34. The van der Waals surface area contributed by atoms with Crippen molar-refractivity contribution in [2.24, 2.45) is 0 Å². The summed E-state index contributed by atoms with van der Waals surface area (Å²) in [6.07, 6.45) is 3.45. The number of nitrogens with zero attached hydrogens (tertiary/aromatic N) is 1. The van der Waals surface area contributed by atoms with Gasteiger partial charge >= 0.3 is 0 Å². The van der Waals surface area contributed by atoms with Gasteiger partial charge in [-0.05, 0) is 24.3 Å². The summed E-state index contributed by atoms with van der Waals surface area (Å²) in [5, 5.41) is 7.84. The monoisotopic (exact) mass is 288 g/mol. The van der Waals surface area contributed by atoms with Gasteiger partial charge in [0.1, 0.15) is 18.6 Å². The maximum atomic E-state index is 10.3. The zero-order chi connectivity index (χ0) is 14.9. The number of aldehydes is 1. The van der Waals surface area contributed by atoms with Gasteiger partial charge in [-0.2, -0.15) is 0 Å². The van der Waals surface area contributed by atoms with Crippen molar-refractivity contribution in [2.75, 3.05) is 39.5 Å². The highest BCUT2D eigenvalue weighted by Crippen LogP contribution is 2.14. The molecular formula is C16H20N2O3. The third-order valence-corrected chi connectivity index (χ3v) is 3.27. The molecule has 5 nitrogen and oxygen atoms in total. The van der Waals surface area contributed by atoms with Crippen molar-refractivity contribution < 1.29 is 14.3 Å². The van der Waals surface area contributed by atoms with E-state index in [9.17, 15) is 4.79 Å². The molecule has 1 fully saturated rings. The number of carbonyl (C=O) groups excluding carboxylic acids is 1. The number of allylic oxidation sites excluding steroid dienone is 2. The smallest absolute Gasteiger partial charge is 0.142 e. The molecule has 0 saturated carbocycles. The molecule has 5 heteroatoms. The quantitative estimate of drug-likeness (QED) is 0.469. The van der Waals surface area contributed by atoms with Crippen molar-refractivity contribution >= 4 is 12.0 Å². The van der Waals surface area contributed by atoms with Crippen molar-refractivity contribution in [3.8, 4) is 5.75 Å². The number of carbonyl (C=O) groups is 1. The Kier molecular flexibility index (Phi) is 6.12. The molecule has 0 bridgehead atoms. The van der Waals surface area contributed by atoms with Crippen molar-refractivity contribution in [2.45, 2.75) is 0 Å². The molecule has 2 rings (SSSR count). The molecule has 0 unspecified atom stereocenters. The summed E-state index contributed by atoms with van der Waals surface area (Å²) < 4.78 is 11.0. The molecule has 21 heavy (non-hydrogen) atoms. The first kappa shape index (κ1) is 15.4. The van der Waals surface area contributed by atoms with Gasteiger partial charge in [0.25, 0.3) is 0 Å². The highest BCUT2D eigenvalue weighted by atomic mass is 16.5. The van der Waals surface area contributed by atoms with Crippen molar-refractivity contribution in [1.29, 1.82) is 5.41 Å². The highest BCUT2D eigenvalue weighted by molar-refractivity contribution is 6.07. The first-order chi connectivity index (χ1) is 10.3. The fourth-order valence-electron chi connectivity index (χ4n) is 2.10. The van der Waals surface area contributed by atoms with Gasteiger partial charge in [-0.3, -0.25) is 9.69 Å². The summed E-state index contributed by atoms with van der Waals surface area (Å²) in [5.41, 5.74) is 1.03. The average Bonchev–Trinajstić information content (AvgIpc) is 2.54. The van der Waals surface area contributed by atoms with E-state index < -0.39 is 0 Å². The van der Waals surface area contributed by atoms with Crippen LogP contribution in [-0.4, -0.2) is 56.4 Å². The van der Waals surface area contributed by atoms with E-state index in [4.69, 9.17) is 14.9 Å². The zero-order valence-corrected chi connectivity index (χ0v) is 12.0. The van der Waals surface area contributed by atoms with Crippen LogP contribution in [0.25, 0.3) is 0 Å². The Labute approximate surface area is 124 Å². The van der Waals surface area contributed by atoms with Crippen molar-refractivity contribution in [3.63, 3.8) is 0 Å². The number of nitrogens with one attached hydrogen (secondary N) is 1. The van der Waals surface area contributed by atoms with Crippen LogP contribution in [0.5, 0.6) is 5.75 Å². The lowest BCUT2D eigenvalue weighted by Gasteiger charge is -2.26. The lowest BCUT2D eigenvalue weighted by atomic mass is 10.1. The Bertz CT molecular complexity index is 508. The van der Waals surface area contributed by atoms with E-state index in [1.165, 1.54) is 12.2 Å². The molecular weight excluding hydrogens is 268 g/mol. The van der Waals surface area contributed by atoms with Gasteiger partial charge in [-0.1, -0.05) is 12.1 Å². The molecule has 0 amide bonds. The predicted molar refractivity (Wildman–Crippen MR) is 81.2 cm³/mol. The van der Waals surface area contributed by atoms with Crippen LogP contribution in [0, 0.1) is 5.41 Å². The molecule has 1 heterocycles. The summed E-state index contributed by atoms with van der Waals surface area (Å²) >= 11 is 0. The number of benzene rings is 1. The molecule has 112 valence electrons. The van der Waals surface area contributed by atoms with E-state index in [2.05, 4.69) is 4.90 Å². The molecule has 1 aliphatic heterocycles. The van der Waals surface area contributed by atoms with Gasteiger partial charge in [0, 0.05) is 25.2 Å². The van der Waals surface area contributed by atoms with E-state index >= 15 is 0 Å². The molecule has 0 aromatic heterocycles. The Morgan fingerprint density at radius 1 is 1.38 bits per heavy atom. The van der Waals surface area contributed by atoms with Gasteiger partial charge < -0.3 is 14.9 Å². The molecule has 1 aliphatic rings. The van der Waals surface area contributed by atoms with Crippen LogP contribution in [0.1, 0.15) is 5.56 Å². The Morgan fingerprint density at radius 2 is 2.19 bits per heavy atom. The van der Waals surface area contributed by atoms with Crippen LogP contribution < -0.4 is 4.74 Å². The first-order valence-electron chi connectivity index (χ1n) is 7.03. The number of morpholine rings is 1. The van der Waals surface area contributed by atoms with Crippen LogP contribution in [0.15, 0.2) is 36.4 Å². The minimum atomic E-state index is 0.292. The molecule has 1 saturated heterocycles. The topological polar surface area (TPSA) is 62.6 Å². The summed E-state index contributed by atoms with van der Waals surface area (Å²) in [4.78, 5) is 12.6. The molecule has 0 aliphatic carbocycles. The second-order valence-electron chi connectivity index (χ2n) is 4.74. The second-order valence-corrected chi connectivity index (χ2v) is 4.74. The Morgan fingerprint density at radius 3 is 2.95 bits per heavy atom. The lowest BCUT2D eigenvalue weighted by molar-refractivity contribution is -0.104. The van der Waals surface area contributed by atoms with Crippen LogP contribution in [0.2, 0.25) is 0 Å². The fourth-order valence-corrected chi connectivity index (χ4v) is 2.10. The fraction of sp³-hybridized carbons (Fsp3) is 0.375. The molecule has 0 atom stereocenters. The van der Waals surface area contributed by atoms with Crippen LogP contribution in [0.3, 0.4) is 0 Å². The lowest BCUT2D eigenvalue weighted by Crippen LogP contribution is -2.38. The van der Waals surface area contributed by atoms with Crippen LogP contribution in [0.4, 0.5) is 0 Å². The molecule has 1 aromatic rings. The molecule has 1 aromatic carbocycles. The predicted octanol–water partition coefficient (Wildman–Crippen LogP) is 1.52. The van der Waals surface area contributed by atoms with Crippen molar-refractivity contribution in [3.05, 3.63) is 42.0 Å². The first-order valence-corrected chi connectivity index (χ1v) is 7.03. The van der Waals surface area contributed by atoms with Gasteiger partial charge in [-0.15, -0.1) is 0 Å². The van der Waals surface area contributed by atoms with Gasteiger partial charge in [-0.25, -0.2) is 0 Å². The minimum absolute atomic E-state index is 0.292. The van der Waals surface area contributed by atoms with Crippen molar-refractivity contribution in [1.82, 2.24) is 4.90 Å². The standard InChI is InChI=1S/C16H20N2O3/c17-16(5-2-9-19)14-3-1-4-15(13-14)21-12-8-18-6-10-20-11-7-18/h1-5,9,13,17H,6-8,10-12H2. The maximum absolute atomic E-state index is 10.3. The SMILES string of the molecule is N=C(C=CC=O)c1cccc(OCCN2CCOCC2)c1. The third kappa shape index (κ3) is 5.13. The number of hydrogen-bond acceptors (Lipinski definition) is 5. The third-order valence-electron chi connectivity index (χ3n) is 3.27. The summed E-state index contributed by atoms with van der Waals surface area (Å²) in [5.74, 6) is 0.741.